The van der Waals surface area contributed by atoms with Crippen molar-refractivity contribution < 1.29 is 4.74 Å². The molecule has 1 aromatic rings. The fourth-order valence-corrected chi connectivity index (χ4v) is 1.66. The predicted octanol–water partition coefficient (Wildman–Crippen LogP) is 1.78. The van der Waals surface area contributed by atoms with Crippen molar-refractivity contribution in [2.75, 3.05) is 24.3 Å². The first-order valence-electron chi connectivity index (χ1n) is 4.96. The summed E-state index contributed by atoms with van der Waals surface area (Å²) in [7, 11) is 0. The molecule has 0 saturated carbocycles. The van der Waals surface area contributed by atoms with Crippen molar-refractivity contribution >= 4 is 11.4 Å². The van der Waals surface area contributed by atoms with Crippen LogP contribution in [0.2, 0.25) is 0 Å². The van der Waals surface area contributed by atoms with Gasteiger partial charge in [-0.15, -0.1) is 0 Å². The van der Waals surface area contributed by atoms with Gasteiger partial charge in [-0.05, 0) is 31.0 Å². The summed E-state index contributed by atoms with van der Waals surface area (Å²) in [4.78, 5) is 0. The van der Waals surface area contributed by atoms with Gasteiger partial charge in [-0.3, -0.25) is 0 Å². The molecule has 1 aliphatic rings. The molecule has 1 aliphatic heterocycles. The molecule has 0 bridgehead atoms. The second-order valence-corrected chi connectivity index (χ2v) is 3.78. The standard InChI is InChI=1S/C11H16N2O/c1-8-2-3-9(12)6-11(8)13-10-4-5-14-7-10/h2-3,6,10,13H,4-5,7,12H2,1H3. The zero-order valence-corrected chi connectivity index (χ0v) is 8.42. The van der Waals surface area contributed by atoms with Crippen LogP contribution in [0, 0.1) is 6.92 Å². The summed E-state index contributed by atoms with van der Waals surface area (Å²) in [5.41, 5.74) is 8.89. The molecular formula is C11H16N2O. The van der Waals surface area contributed by atoms with Crippen LogP contribution in [-0.2, 0) is 4.74 Å². The van der Waals surface area contributed by atoms with Crippen LogP contribution in [0.15, 0.2) is 18.2 Å². The highest BCUT2D eigenvalue weighted by atomic mass is 16.5. The molecular weight excluding hydrogens is 176 g/mol. The molecule has 1 saturated heterocycles. The zero-order valence-electron chi connectivity index (χ0n) is 8.42. The number of ether oxygens (including phenoxy) is 1. The van der Waals surface area contributed by atoms with Crippen LogP contribution < -0.4 is 11.1 Å². The fraction of sp³-hybridized carbons (Fsp3) is 0.455. The van der Waals surface area contributed by atoms with Gasteiger partial charge in [0.05, 0.1) is 12.6 Å². The molecule has 0 aliphatic carbocycles. The van der Waals surface area contributed by atoms with Crippen LogP contribution >= 0.6 is 0 Å². The van der Waals surface area contributed by atoms with Gasteiger partial charge in [-0.25, -0.2) is 0 Å². The summed E-state index contributed by atoms with van der Waals surface area (Å²) in [6.07, 6.45) is 1.08. The minimum atomic E-state index is 0.440. The predicted molar refractivity (Wildman–Crippen MR) is 58.4 cm³/mol. The van der Waals surface area contributed by atoms with Crippen LogP contribution in [0.25, 0.3) is 0 Å². The lowest BCUT2D eigenvalue weighted by Gasteiger charge is -2.14. The van der Waals surface area contributed by atoms with Gasteiger partial charge in [0.25, 0.3) is 0 Å². The topological polar surface area (TPSA) is 47.3 Å². The van der Waals surface area contributed by atoms with Gasteiger partial charge in [0.15, 0.2) is 0 Å². The Morgan fingerprint density at radius 3 is 3.07 bits per heavy atom. The molecule has 3 nitrogen and oxygen atoms in total. The zero-order chi connectivity index (χ0) is 9.97. The van der Waals surface area contributed by atoms with Crippen molar-refractivity contribution in [1.82, 2.24) is 0 Å². The average Bonchev–Trinajstić information content (AvgIpc) is 2.64. The van der Waals surface area contributed by atoms with Crippen molar-refractivity contribution in [2.24, 2.45) is 0 Å². The molecule has 3 heteroatoms. The largest absolute Gasteiger partial charge is 0.399 e. The van der Waals surface area contributed by atoms with E-state index in [0.29, 0.717) is 6.04 Å². The van der Waals surface area contributed by atoms with E-state index in [0.717, 1.165) is 31.0 Å². The Morgan fingerprint density at radius 2 is 2.36 bits per heavy atom. The summed E-state index contributed by atoms with van der Waals surface area (Å²) in [5.74, 6) is 0. The van der Waals surface area contributed by atoms with E-state index < -0.39 is 0 Å². The van der Waals surface area contributed by atoms with E-state index in [1.165, 1.54) is 5.56 Å². The molecule has 1 heterocycles. The van der Waals surface area contributed by atoms with Gasteiger partial charge in [0, 0.05) is 18.0 Å². The Bertz CT molecular complexity index is 319. The number of hydrogen-bond acceptors (Lipinski definition) is 3. The first kappa shape index (κ1) is 9.34. The van der Waals surface area contributed by atoms with Gasteiger partial charge < -0.3 is 15.8 Å². The van der Waals surface area contributed by atoms with E-state index in [1.54, 1.807) is 0 Å². The maximum atomic E-state index is 5.73. The van der Waals surface area contributed by atoms with Crippen molar-refractivity contribution in [1.29, 1.82) is 0 Å². The minimum absolute atomic E-state index is 0.440. The van der Waals surface area contributed by atoms with Gasteiger partial charge in [0.1, 0.15) is 0 Å². The van der Waals surface area contributed by atoms with Gasteiger partial charge >= 0.3 is 0 Å². The first-order valence-corrected chi connectivity index (χ1v) is 4.96. The summed E-state index contributed by atoms with van der Waals surface area (Å²) < 4.78 is 5.31. The van der Waals surface area contributed by atoms with Crippen LogP contribution in [-0.4, -0.2) is 19.3 Å². The number of nitrogens with two attached hydrogens (primary N) is 1. The molecule has 1 atom stereocenters. The van der Waals surface area contributed by atoms with Gasteiger partial charge in [-0.2, -0.15) is 0 Å². The molecule has 2 rings (SSSR count). The van der Waals surface area contributed by atoms with Crippen molar-refractivity contribution in [3.05, 3.63) is 23.8 Å². The third kappa shape index (κ3) is 1.99. The summed E-state index contributed by atoms with van der Waals surface area (Å²) in [6, 6.07) is 6.38. The number of hydrogen-bond donors (Lipinski definition) is 2. The van der Waals surface area contributed by atoms with Crippen LogP contribution in [0.1, 0.15) is 12.0 Å². The smallest absolute Gasteiger partial charge is 0.0668 e. The second kappa shape index (κ2) is 3.88. The van der Waals surface area contributed by atoms with Crippen LogP contribution in [0.4, 0.5) is 11.4 Å². The van der Waals surface area contributed by atoms with E-state index in [1.807, 2.05) is 18.2 Å². The third-order valence-electron chi connectivity index (χ3n) is 2.55. The molecule has 0 radical (unpaired) electrons. The van der Waals surface area contributed by atoms with E-state index in [4.69, 9.17) is 10.5 Å². The molecule has 0 aromatic heterocycles. The first-order chi connectivity index (χ1) is 6.75. The lowest BCUT2D eigenvalue weighted by atomic mass is 10.1. The SMILES string of the molecule is Cc1ccc(N)cc1NC1CCOC1. The minimum Gasteiger partial charge on any atom is -0.399 e. The maximum absolute atomic E-state index is 5.73. The number of nitrogens with one attached hydrogen (secondary N) is 1. The van der Waals surface area contributed by atoms with Crippen molar-refractivity contribution in [3.63, 3.8) is 0 Å². The molecule has 0 amide bonds. The molecule has 3 N–H and O–H groups in total. The molecule has 14 heavy (non-hydrogen) atoms. The third-order valence-corrected chi connectivity index (χ3v) is 2.55. The Labute approximate surface area is 84.3 Å². The molecule has 1 aromatic carbocycles. The highest BCUT2D eigenvalue weighted by molar-refractivity contribution is 5.59. The Kier molecular flexibility index (Phi) is 2.59. The summed E-state index contributed by atoms with van der Waals surface area (Å²) >= 11 is 0. The van der Waals surface area contributed by atoms with E-state index in [-0.39, 0.29) is 0 Å². The Balaban J connectivity index is 2.10. The summed E-state index contributed by atoms with van der Waals surface area (Å²) in [5, 5.41) is 3.44. The molecule has 0 spiro atoms. The maximum Gasteiger partial charge on any atom is 0.0668 e. The van der Waals surface area contributed by atoms with Crippen molar-refractivity contribution in [2.45, 2.75) is 19.4 Å². The Morgan fingerprint density at radius 1 is 1.50 bits per heavy atom. The number of benzene rings is 1. The molecule has 1 fully saturated rings. The summed E-state index contributed by atoms with van der Waals surface area (Å²) in [6.45, 7) is 3.74. The fourth-order valence-electron chi connectivity index (χ4n) is 1.66. The van der Waals surface area contributed by atoms with E-state index in [9.17, 15) is 0 Å². The monoisotopic (exact) mass is 192 g/mol. The number of rotatable bonds is 2. The highest BCUT2D eigenvalue weighted by Crippen LogP contribution is 2.20. The highest BCUT2D eigenvalue weighted by Gasteiger charge is 2.15. The van der Waals surface area contributed by atoms with Crippen LogP contribution in [0.5, 0.6) is 0 Å². The molecule has 76 valence electrons. The lowest BCUT2D eigenvalue weighted by molar-refractivity contribution is 0.195. The van der Waals surface area contributed by atoms with Crippen molar-refractivity contribution in [3.8, 4) is 0 Å². The Hall–Kier alpha value is -1.22. The van der Waals surface area contributed by atoms with Gasteiger partial charge in [-0.1, -0.05) is 6.07 Å². The second-order valence-electron chi connectivity index (χ2n) is 3.78. The normalized spacial score (nSPS) is 21.1. The quantitative estimate of drug-likeness (QED) is 0.702. The number of nitrogen functional groups attached to an aromatic ring is 1. The van der Waals surface area contributed by atoms with Gasteiger partial charge in [0.2, 0.25) is 0 Å². The molecule has 1 unspecified atom stereocenters. The number of aryl methyl sites for hydroxylation is 1. The number of anilines is 2. The lowest BCUT2D eigenvalue weighted by Crippen LogP contribution is -2.19. The average molecular weight is 192 g/mol. The van der Waals surface area contributed by atoms with E-state index >= 15 is 0 Å². The van der Waals surface area contributed by atoms with E-state index in [2.05, 4.69) is 12.2 Å². The van der Waals surface area contributed by atoms with Crippen LogP contribution in [0.3, 0.4) is 0 Å².